The minimum absolute atomic E-state index is 0.0636. The van der Waals surface area contributed by atoms with E-state index in [1.54, 1.807) is 20.2 Å². The molecule has 5 nitrogen and oxygen atoms in total. The Bertz CT molecular complexity index is 766. The Morgan fingerprint density at radius 2 is 2.04 bits per heavy atom. The number of ketones is 1. The van der Waals surface area contributed by atoms with Crippen LogP contribution in [0.15, 0.2) is 23.9 Å². The summed E-state index contributed by atoms with van der Waals surface area (Å²) in [6.07, 6.45) is 2.90. The highest BCUT2D eigenvalue weighted by atomic mass is 16.5. The Kier molecular flexibility index (Phi) is 5.08. The van der Waals surface area contributed by atoms with Crippen LogP contribution in [0.2, 0.25) is 0 Å². The lowest BCUT2D eigenvalue weighted by Gasteiger charge is -2.46. The van der Waals surface area contributed by atoms with Crippen LogP contribution in [0.25, 0.3) is 0 Å². The third-order valence-corrected chi connectivity index (χ3v) is 5.41. The molecule has 0 radical (unpaired) electrons. The van der Waals surface area contributed by atoms with Gasteiger partial charge in [0.25, 0.3) is 0 Å². The van der Waals surface area contributed by atoms with Crippen LogP contribution in [-0.4, -0.2) is 36.4 Å². The molecule has 0 aromatic heterocycles. The predicted octanol–water partition coefficient (Wildman–Crippen LogP) is 3.35. The van der Waals surface area contributed by atoms with Gasteiger partial charge in [0, 0.05) is 18.7 Å². The van der Waals surface area contributed by atoms with Gasteiger partial charge in [-0.05, 0) is 48.9 Å². The van der Waals surface area contributed by atoms with Crippen LogP contribution < -0.4 is 4.74 Å². The number of carbonyl (C=O) groups is 2. The van der Waals surface area contributed by atoms with Crippen molar-refractivity contribution < 1.29 is 19.1 Å². The van der Waals surface area contributed by atoms with Crippen LogP contribution in [0, 0.1) is 12.8 Å². The molecule has 2 atom stereocenters. The summed E-state index contributed by atoms with van der Waals surface area (Å²) >= 11 is 0. The second-order valence-corrected chi connectivity index (χ2v) is 7.39. The molecular weight excluding hydrogens is 330 g/mol. The van der Waals surface area contributed by atoms with Crippen molar-refractivity contribution in [1.82, 2.24) is 4.90 Å². The van der Waals surface area contributed by atoms with E-state index in [2.05, 4.69) is 30.9 Å². The number of methoxy groups -OCH3 is 1. The van der Waals surface area contributed by atoms with Crippen LogP contribution in [0.5, 0.6) is 5.75 Å². The molecule has 2 aliphatic rings. The van der Waals surface area contributed by atoms with Gasteiger partial charge >= 0.3 is 5.97 Å². The summed E-state index contributed by atoms with van der Waals surface area (Å²) < 4.78 is 10.6. The normalized spacial score (nSPS) is 21.8. The molecule has 0 aliphatic carbocycles. The first-order valence-corrected chi connectivity index (χ1v) is 9.24. The molecule has 140 valence electrons. The molecule has 0 spiro atoms. The molecular formula is C21H27NO4. The Hall–Kier alpha value is -2.30. The Balaban J connectivity index is 2.09. The van der Waals surface area contributed by atoms with Crippen LogP contribution in [0.1, 0.15) is 49.9 Å². The van der Waals surface area contributed by atoms with Crippen molar-refractivity contribution in [2.75, 3.05) is 13.7 Å². The summed E-state index contributed by atoms with van der Waals surface area (Å²) in [6.45, 7) is 8.41. The van der Waals surface area contributed by atoms with Crippen LogP contribution in [0.4, 0.5) is 0 Å². The molecule has 1 aromatic carbocycles. The highest BCUT2D eigenvalue weighted by molar-refractivity contribution is 6.17. The molecule has 26 heavy (non-hydrogen) atoms. The van der Waals surface area contributed by atoms with E-state index >= 15 is 0 Å². The zero-order valence-corrected chi connectivity index (χ0v) is 16.2. The average Bonchev–Trinajstić information content (AvgIpc) is 2.59. The third-order valence-electron chi connectivity index (χ3n) is 5.41. The summed E-state index contributed by atoms with van der Waals surface area (Å²) in [7, 11) is 1.66. The molecule has 0 amide bonds. The summed E-state index contributed by atoms with van der Waals surface area (Å²) in [5, 5.41) is 0. The molecule has 0 saturated carbocycles. The smallest absolute Gasteiger partial charge is 0.343 e. The van der Waals surface area contributed by atoms with Gasteiger partial charge in [0.1, 0.15) is 11.3 Å². The number of Topliss-reactive ketones (excluding diaryl/α,β-unsaturated/α-hetero) is 1. The van der Waals surface area contributed by atoms with Gasteiger partial charge in [-0.2, -0.15) is 0 Å². The second kappa shape index (κ2) is 7.14. The molecule has 5 heteroatoms. The van der Waals surface area contributed by atoms with Gasteiger partial charge in [-0.1, -0.05) is 19.9 Å². The maximum absolute atomic E-state index is 12.6. The van der Waals surface area contributed by atoms with E-state index in [-0.39, 0.29) is 36.5 Å². The average molecular weight is 357 g/mol. The molecule has 0 fully saturated rings. The number of aryl methyl sites for hydroxylation is 1. The van der Waals surface area contributed by atoms with E-state index in [1.165, 1.54) is 5.56 Å². The Morgan fingerprint density at radius 1 is 1.31 bits per heavy atom. The van der Waals surface area contributed by atoms with Gasteiger partial charge in [0.2, 0.25) is 0 Å². The number of nitrogens with zero attached hydrogens (tertiary/aromatic N) is 1. The van der Waals surface area contributed by atoms with Crippen LogP contribution in [0.3, 0.4) is 0 Å². The number of fused-ring (bicyclic) bond motifs is 3. The number of ether oxygens (including phenoxy) is 2. The molecule has 1 aromatic rings. The molecule has 0 N–H and O–H groups in total. The zero-order valence-electron chi connectivity index (χ0n) is 16.2. The summed E-state index contributed by atoms with van der Waals surface area (Å²) in [5.41, 5.74) is 3.66. The molecule has 0 bridgehead atoms. The lowest BCUT2D eigenvalue weighted by atomic mass is 9.79. The van der Waals surface area contributed by atoms with E-state index < -0.39 is 5.97 Å². The number of benzene rings is 1. The zero-order chi connectivity index (χ0) is 19.0. The topological polar surface area (TPSA) is 55.8 Å². The van der Waals surface area contributed by atoms with E-state index in [0.717, 1.165) is 23.3 Å². The van der Waals surface area contributed by atoms with Gasteiger partial charge in [0.05, 0.1) is 19.8 Å². The predicted molar refractivity (Wildman–Crippen MR) is 99.0 cm³/mol. The molecule has 2 heterocycles. The van der Waals surface area contributed by atoms with Gasteiger partial charge in [-0.3, -0.25) is 4.79 Å². The number of hydrogen-bond acceptors (Lipinski definition) is 5. The lowest BCUT2D eigenvalue weighted by Crippen LogP contribution is -2.47. The standard InChI is InChI=1S/C21H27NO4/c1-6-26-21(24)16-11-22-17(12(2)3)8-14-7-13(4)20(25-5)9-15(14)18(22)10-19(16)23/h7,9,11-12,17-18H,6,8,10H2,1-5H3. The van der Waals surface area contributed by atoms with Crippen molar-refractivity contribution in [3.05, 3.63) is 40.6 Å². The van der Waals surface area contributed by atoms with E-state index in [9.17, 15) is 9.59 Å². The second-order valence-electron chi connectivity index (χ2n) is 7.39. The molecule has 2 aliphatic heterocycles. The number of esters is 1. The first-order valence-electron chi connectivity index (χ1n) is 9.24. The first kappa shape index (κ1) is 18.5. The summed E-state index contributed by atoms with van der Waals surface area (Å²) in [5.74, 6) is 0.547. The van der Waals surface area contributed by atoms with Gasteiger partial charge in [-0.15, -0.1) is 0 Å². The minimum Gasteiger partial charge on any atom is -0.496 e. The molecule has 0 saturated heterocycles. The van der Waals surface area contributed by atoms with E-state index in [0.29, 0.717) is 5.92 Å². The number of hydrogen-bond donors (Lipinski definition) is 0. The molecule has 3 rings (SSSR count). The van der Waals surface area contributed by atoms with Crippen molar-refractivity contribution in [2.24, 2.45) is 5.92 Å². The van der Waals surface area contributed by atoms with E-state index in [1.807, 2.05) is 6.92 Å². The summed E-state index contributed by atoms with van der Waals surface area (Å²) in [6, 6.07) is 4.40. The van der Waals surface area contributed by atoms with Crippen molar-refractivity contribution in [3.63, 3.8) is 0 Å². The maximum Gasteiger partial charge on any atom is 0.343 e. The van der Waals surface area contributed by atoms with Gasteiger partial charge < -0.3 is 14.4 Å². The monoisotopic (exact) mass is 357 g/mol. The minimum atomic E-state index is -0.522. The van der Waals surface area contributed by atoms with Crippen molar-refractivity contribution in [1.29, 1.82) is 0 Å². The quantitative estimate of drug-likeness (QED) is 0.611. The van der Waals surface area contributed by atoms with Crippen molar-refractivity contribution >= 4 is 11.8 Å². The summed E-state index contributed by atoms with van der Waals surface area (Å²) in [4.78, 5) is 27.0. The number of rotatable bonds is 4. The van der Waals surface area contributed by atoms with Crippen LogP contribution >= 0.6 is 0 Å². The van der Waals surface area contributed by atoms with Gasteiger partial charge in [0.15, 0.2) is 5.78 Å². The van der Waals surface area contributed by atoms with Crippen molar-refractivity contribution in [3.8, 4) is 5.75 Å². The van der Waals surface area contributed by atoms with E-state index in [4.69, 9.17) is 9.47 Å². The largest absolute Gasteiger partial charge is 0.496 e. The maximum atomic E-state index is 12.6. The fraction of sp³-hybridized carbons (Fsp3) is 0.524. The highest BCUT2D eigenvalue weighted by Gasteiger charge is 2.41. The first-order chi connectivity index (χ1) is 12.4. The number of carbonyl (C=O) groups excluding carboxylic acids is 2. The lowest BCUT2D eigenvalue weighted by molar-refractivity contribution is -0.140. The third kappa shape index (κ3) is 3.11. The fourth-order valence-corrected chi connectivity index (χ4v) is 4.06. The van der Waals surface area contributed by atoms with Gasteiger partial charge in [-0.25, -0.2) is 4.79 Å². The van der Waals surface area contributed by atoms with Crippen LogP contribution in [-0.2, 0) is 20.7 Å². The Morgan fingerprint density at radius 3 is 2.65 bits per heavy atom. The highest BCUT2D eigenvalue weighted by Crippen LogP contribution is 2.43. The Labute approximate surface area is 155 Å². The SMILES string of the molecule is CCOC(=O)C1=CN2C(CC1=O)c1cc(OC)c(C)cc1CC2C(C)C. The van der Waals surface area contributed by atoms with Crippen molar-refractivity contribution in [2.45, 2.75) is 52.6 Å². The molecule has 2 unspecified atom stereocenters. The fourth-order valence-electron chi connectivity index (χ4n) is 4.06.